The molecule has 0 spiro atoms. The monoisotopic (exact) mass is 255 g/mol. The molecule has 18 heavy (non-hydrogen) atoms. The van der Waals surface area contributed by atoms with Crippen LogP contribution >= 0.6 is 0 Å². The zero-order valence-corrected chi connectivity index (χ0v) is 10.3. The zero-order chi connectivity index (χ0) is 12.9. The molecule has 98 valence electrons. The van der Waals surface area contributed by atoms with Gasteiger partial charge in [-0.25, -0.2) is 13.8 Å². The van der Waals surface area contributed by atoms with Gasteiger partial charge in [0.2, 0.25) is 0 Å². The summed E-state index contributed by atoms with van der Waals surface area (Å²) in [7, 11) is 1.52. The summed E-state index contributed by atoms with van der Waals surface area (Å²) in [5.74, 6) is -2.45. The number of ether oxygens (including phenoxy) is 2. The highest BCUT2D eigenvalue weighted by Gasteiger charge is 2.72. The maximum atomic E-state index is 13.1. The van der Waals surface area contributed by atoms with E-state index in [-0.39, 0.29) is 6.10 Å². The van der Waals surface area contributed by atoms with Gasteiger partial charge in [0.05, 0.1) is 7.11 Å². The molecule has 3 rings (SSSR count). The van der Waals surface area contributed by atoms with Crippen molar-refractivity contribution in [3.63, 3.8) is 0 Å². The smallest absolute Gasteiger partial charge is 0.256 e. The fourth-order valence-electron chi connectivity index (χ4n) is 2.80. The second kappa shape index (κ2) is 3.80. The van der Waals surface area contributed by atoms with Crippen LogP contribution in [0.4, 0.5) is 8.78 Å². The van der Waals surface area contributed by atoms with Gasteiger partial charge in [0.1, 0.15) is 6.10 Å². The number of halogens is 2. The van der Waals surface area contributed by atoms with E-state index in [2.05, 4.69) is 4.98 Å². The number of hydrogen-bond donors (Lipinski definition) is 0. The van der Waals surface area contributed by atoms with E-state index in [0.29, 0.717) is 24.5 Å². The minimum absolute atomic E-state index is 0.141. The van der Waals surface area contributed by atoms with Crippen LogP contribution in [0, 0.1) is 18.8 Å². The average Bonchev–Trinajstić information content (AvgIpc) is 2.72. The second-order valence-corrected chi connectivity index (χ2v) is 5.06. The van der Waals surface area contributed by atoms with Gasteiger partial charge in [-0.1, -0.05) is 0 Å². The molecule has 2 fully saturated rings. The molecule has 2 aliphatic rings. The Bertz CT molecular complexity index is 464. The summed E-state index contributed by atoms with van der Waals surface area (Å²) in [6.45, 7) is 1.86. The number of aromatic nitrogens is 1. The molecule has 1 aromatic heterocycles. The van der Waals surface area contributed by atoms with Gasteiger partial charge in [0.25, 0.3) is 11.8 Å². The largest absolute Gasteiger partial charge is 0.485 e. The highest BCUT2D eigenvalue weighted by molar-refractivity contribution is 5.35. The van der Waals surface area contributed by atoms with Crippen LogP contribution in [0.3, 0.4) is 0 Å². The molecular formula is C13H15F2NO2. The van der Waals surface area contributed by atoms with Crippen molar-refractivity contribution in [2.24, 2.45) is 11.8 Å². The van der Waals surface area contributed by atoms with Crippen LogP contribution in [0.25, 0.3) is 0 Å². The third kappa shape index (κ3) is 1.72. The van der Waals surface area contributed by atoms with E-state index in [1.165, 1.54) is 7.11 Å². The highest BCUT2D eigenvalue weighted by Crippen LogP contribution is 2.64. The molecule has 0 amide bonds. The van der Waals surface area contributed by atoms with Crippen molar-refractivity contribution >= 4 is 0 Å². The van der Waals surface area contributed by atoms with Gasteiger partial charge in [0.15, 0.2) is 5.75 Å². The minimum atomic E-state index is -2.45. The maximum absolute atomic E-state index is 13.1. The molecule has 0 aliphatic heterocycles. The van der Waals surface area contributed by atoms with Crippen LogP contribution in [0.1, 0.15) is 18.5 Å². The van der Waals surface area contributed by atoms with Crippen LogP contribution in [0.15, 0.2) is 12.1 Å². The summed E-state index contributed by atoms with van der Waals surface area (Å²) in [5, 5.41) is 0. The molecule has 2 aliphatic carbocycles. The average molecular weight is 255 g/mol. The molecule has 0 bridgehead atoms. The molecular weight excluding hydrogens is 240 g/mol. The third-order valence-electron chi connectivity index (χ3n) is 3.85. The summed E-state index contributed by atoms with van der Waals surface area (Å²) in [5.41, 5.74) is 0.833. The van der Waals surface area contributed by atoms with Crippen molar-refractivity contribution < 1.29 is 18.3 Å². The first kappa shape index (κ1) is 11.7. The van der Waals surface area contributed by atoms with Gasteiger partial charge in [-0.3, -0.25) is 0 Å². The van der Waals surface area contributed by atoms with Gasteiger partial charge in [0, 0.05) is 17.5 Å². The first-order valence-electron chi connectivity index (χ1n) is 6.08. The Kier molecular flexibility index (Phi) is 2.47. The van der Waals surface area contributed by atoms with Crippen molar-refractivity contribution in [1.82, 2.24) is 4.98 Å². The molecule has 2 saturated carbocycles. The van der Waals surface area contributed by atoms with E-state index in [0.717, 1.165) is 5.69 Å². The van der Waals surface area contributed by atoms with Crippen molar-refractivity contribution in [1.29, 1.82) is 0 Å². The van der Waals surface area contributed by atoms with E-state index in [4.69, 9.17) is 9.47 Å². The summed E-state index contributed by atoms with van der Waals surface area (Å²) in [6, 6.07) is 3.60. The van der Waals surface area contributed by atoms with E-state index < -0.39 is 17.8 Å². The topological polar surface area (TPSA) is 31.4 Å². The lowest BCUT2D eigenvalue weighted by Crippen LogP contribution is -2.19. The quantitative estimate of drug-likeness (QED) is 0.832. The Morgan fingerprint density at radius 1 is 1.28 bits per heavy atom. The van der Waals surface area contributed by atoms with Crippen LogP contribution in [0.5, 0.6) is 11.6 Å². The van der Waals surface area contributed by atoms with Gasteiger partial charge < -0.3 is 9.47 Å². The Hall–Kier alpha value is -1.39. The van der Waals surface area contributed by atoms with Crippen LogP contribution < -0.4 is 9.47 Å². The number of fused-ring (bicyclic) bond motifs is 1. The number of nitrogens with zero attached hydrogens (tertiary/aromatic N) is 1. The lowest BCUT2D eigenvalue weighted by Gasteiger charge is -2.18. The van der Waals surface area contributed by atoms with Gasteiger partial charge in [-0.05, 0) is 31.9 Å². The summed E-state index contributed by atoms with van der Waals surface area (Å²) >= 11 is 0. The van der Waals surface area contributed by atoms with E-state index in [9.17, 15) is 8.78 Å². The predicted octanol–water partition coefficient (Wildman–Crippen LogP) is 2.82. The lowest BCUT2D eigenvalue weighted by molar-refractivity contribution is 0.0462. The third-order valence-corrected chi connectivity index (χ3v) is 3.85. The fourth-order valence-corrected chi connectivity index (χ4v) is 2.80. The van der Waals surface area contributed by atoms with Crippen molar-refractivity contribution in [2.75, 3.05) is 7.11 Å². The predicted molar refractivity (Wildman–Crippen MR) is 61.1 cm³/mol. The number of aryl methyl sites for hydroxylation is 1. The van der Waals surface area contributed by atoms with Gasteiger partial charge >= 0.3 is 0 Å². The highest BCUT2D eigenvalue weighted by atomic mass is 19.3. The van der Waals surface area contributed by atoms with Crippen LogP contribution in [-0.4, -0.2) is 24.1 Å². The number of rotatable bonds is 3. The van der Waals surface area contributed by atoms with E-state index in [1.54, 1.807) is 6.07 Å². The van der Waals surface area contributed by atoms with Crippen LogP contribution in [-0.2, 0) is 0 Å². The van der Waals surface area contributed by atoms with Crippen molar-refractivity contribution in [3.8, 4) is 11.6 Å². The number of alkyl halides is 2. The summed E-state index contributed by atoms with van der Waals surface area (Å²) < 4.78 is 37.0. The zero-order valence-electron chi connectivity index (χ0n) is 10.3. The molecule has 0 N–H and O–H groups in total. The van der Waals surface area contributed by atoms with Gasteiger partial charge in [-0.15, -0.1) is 0 Å². The Morgan fingerprint density at radius 2 is 1.94 bits per heavy atom. The van der Waals surface area contributed by atoms with Gasteiger partial charge in [-0.2, -0.15) is 0 Å². The molecule has 1 heterocycles. The number of methoxy groups -OCH3 is 1. The molecule has 0 saturated heterocycles. The maximum Gasteiger partial charge on any atom is 0.256 e. The molecule has 1 aromatic rings. The summed E-state index contributed by atoms with van der Waals surface area (Å²) in [6.07, 6.45) is 0.710. The lowest BCUT2D eigenvalue weighted by atomic mass is 10.2. The summed E-state index contributed by atoms with van der Waals surface area (Å²) in [4.78, 5) is 4.20. The number of hydrogen-bond acceptors (Lipinski definition) is 3. The molecule has 5 heteroatoms. The Labute approximate surface area is 104 Å². The first-order valence-corrected chi connectivity index (χ1v) is 6.08. The second-order valence-electron chi connectivity index (χ2n) is 5.06. The molecule has 0 aromatic carbocycles. The standard InChI is InChI=1S/C13H15F2NO2/c1-7-3-4-11(12(16-7)17-2)18-8-5-9-10(6-8)13(9,14)15/h3-4,8-10H,5-6H2,1-2H3. The van der Waals surface area contributed by atoms with Crippen molar-refractivity contribution in [3.05, 3.63) is 17.8 Å². The molecule has 2 unspecified atom stereocenters. The Morgan fingerprint density at radius 3 is 2.56 bits per heavy atom. The molecule has 3 nitrogen and oxygen atoms in total. The first-order chi connectivity index (χ1) is 8.52. The minimum Gasteiger partial charge on any atom is -0.485 e. The SMILES string of the molecule is COc1nc(C)ccc1OC1CC2C(C1)C2(F)F. The van der Waals surface area contributed by atoms with E-state index >= 15 is 0 Å². The van der Waals surface area contributed by atoms with E-state index in [1.807, 2.05) is 13.0 Å². The normalized spacial score (nSPS) is 31.9. The van der Waals surface area contributed by atoms with Crippen molar-refractivity contribution in [2.45, 2.75) is 31.8 Å². The molecule has 0 radical (unpaired) electrons. The number of pyridine rings is 1. The fraction of sp³-hybridized carbons (Fsp3) is 0.615. The molecule has 2 atom stereocenters. The Balaban J connectivity index is 1.68. The van der Waals surface area contributed by atoms with Crippen LogP contribution in [0.2, 0.25) is 0 Å².